The van der Waals surface area contributed by atoms with Crippen LogP contribution in [0.5, 0.6) is 5.75 Å². The first-order valence-electron chi connectivity index (χ1n) is 4.50. The lowest BCUT2D eigenvalue weighted by atomic mass is 10.2. The SMILES string of the molecule is CC1COc2c(F)cc(F)cc2NC1=O. The minimum absolute atomic E-state index is 0.0434. The number of nitrogens with one attached hydrogen (secondary N) is 1. The number of halogens is 2. The van der Waals surface area contributed by atoms with Crippen LogP contribution >= 0.6 is 0 Å². The van der Waals surface area contributed by atoms with Crippen LogP contribution in [0.2, 0.25) is 0 Å². The number of benzene rings is 1. The van der Waals surface area contributed by atoms with Crippen molar-refractivity contribution in [3.8, 4) is 5.75 Å². The first kappa shape index (κ1) is 9.89. The monoisotopic (exact) mass is 213 g/mol. The van der Waals surface area contributed by atoms with E-state index in [1.54, 1.807) is 6.92 Å². The van der Waals surface area contributed by atoms with E-state index in [4.69, 9.17) is 4.74 Å². The zero-order chi connectivity index (χ0) is 11.0. The molecule has 1 aromatic rings. The second-order valence-electron chi connectivity index (χ2n) is 3.47. The maximum absolute atomic E-state index is 13.3. The molecular formula is C10H9F2NO2. The number of carbonyl (C=O) groups is 1. The van der Waals surface area contributed by atoms with Crippen LogP contribution in [0.3, 0.4) is 0 Å². The van der Waals surface area contributed by atoms with Gasteiger partial charge in [-0.05, 0) is 0 Å². The standard InChI is InChI=1S/C10H9F2NO2/c1-5-4-15-9-7(12)2-6(11)3-8(9)13-10(5)14/h2-3,5H,4H2,1H3,(H,13,14). The molecule has 1 unspecified atom stereocenters. The number of fused-ring (bicyclic) bond motifs is 1. The second kappa shape index (κ2) is 3.49. The highest BCUT2D eigenvalue weighted by molar-refractivity contribution is 5.94. The Labute approximate surface area is 85.0 Å². The highest BCUT2D eigenvalue weighted by Crippen LogP contribution is 2.31. The highest BCUT2D eigenvalue weighted by atomic mass is 19.1. The molecule has 1 amide bonds. The largest absolute Gasteiger partial charge is 0.488 e. The molecule has 15 heavy (non-hydrogen) atoms. The van der Waals surface area contributed by atoms with E-state index in [1.165, 1.54) is 0 Å². The maximum Gasteiger partial charge on any atom is 0.230 e. The molecule has 1 aliphatic rings. The van der Waals surface area contributed by atoms with Gasteiger partial charge in [-0.1, -0.05) is 6.92 Å². The van der Waals surface area contributed by atoms with E-state index in [1.807, 2.05) is 0 Å². The van der Waals surface area contributed by atoms with Gasteiger partial charge >= 0.3 is 0 Å². The summed E-state index contributed by atoms with van der Waals surface area (Å²) in [5.41, 5.74) is 0.0434. The molecule has 0 bridgehead atoms. The average molecular weight is 213 g/mol. The van der Waals surface area contributed by atoms with Gasteiger partial charge in [0, 0.05) is 12.1 Å². The van der Waals surface area contributed by atoms with Gasteiger partial charge < -0.3 is 10.1 Å². The topological polar surface area (TPSA) is 38.3 Å². The van der Waals surface area contributed by atoms with Crippen molar-refractivity contribution < 1.29 is 18.3 Å². The smallest absolute Gasteiger partial charge is 0.230 e. The van der Waals surface area contributed by atoms with Gasteiger partial charge in [-0.3, -0.25) is 4.79 Å². The lowest BCUT2D eigenvalue weighted by Crippen LogP contribution is -2.22. The molecule has 1 N–H and O–H groups in total. The number of hydrogen-bond acceptors (Lipinski definition) is 2. The van der Waals surface area contributed by atoms with Gasteiger partial charge in [-0.25, -0.2) is 8.78 Å². The van der Waals surface area contributed by atoms with Crippen LogP contribution in [0.25, 0.3) is 0 Å². The predicted molar refractivity (Wildman–Crippen MR) is 49.6 cm³/mol. The third-order valence-electron chi connectivity index (χ3n) is 2.19. The quantitative estimate of drug-likeness (QED) is 0.715. The van der Waals surface area contributed by atoms with Crippen molar-refractivity contribution in [1.82, 2.24) is 0 Å². The van der Waals surface area contributed by atoms with E-state index in [9.17, 15) is 13.6 Å². The van der Waals surface area contributed by atoms with Gasteiger partial charge in [0.2, 0.25) is 5.91 Å². The molecule has 0 spiro atoms. The fourth-order valence-electron chi connectivity index (χ4n) is 1.34. The molecule has 0 saturated heterocycles. The lowest BCUT2D eigenvalue weighted by molar-refractivity contribution is -0.119. The number of rotatable bonds is 0. The predicted octanol–water partition coefficient (Wildman–Crippen LogP) is 1.93. The van der Waals surface area contributed by atoms with Crippen molar-refractivity contribution >= 4 is 11.6 Å². The summed E-state index contributed by atoms with van der Waals surface area (Å²) in [6.45, 7) is 1.73. The number of ether oxygens (including phenoxy) is 1. The van der Waals surface area contributed by atoms with Gasteiger partial charge in [0.05, 0.1) is 18.2 Å². The summed E-state index contributed by atoms with van der Waals surface area (Å²) >= 11 is 0. The van der Waals surface area contributed by atoms with Crippen molar-refractivity contribution in [3.63, 3.8) is 0 Å². The van der Waals surface area contributed by atoms with E-state index >= 15 is 0 Å². The van der Waals surface area contributed by atoms with E-state index < -0.39 is 11.6 Å². The third-order valence-corrected chi connectivity index (χ3v) is 2.19. The molecule has 0 aliphatic carbocycles. The molecule has 0 fully saturated rings. The molecular weight excluding hydrogens is 204 g/mol. The molecule has 1 aliphatic heterocycles. The molecule has 0 radical (unpaired) electrons. The van der Waals surface area contributed by atoms with E-state index in [0.717, 1.165) is 12.1 Å². The molecule has 1 atom stereocenters. The van der Waals surface area contributed by atoms with Crippen molar-refractivity contribution in [2.75, 3.05) is 11.9 Å². The van der Waals surface area contributed by atoms with Crippen molar-refractivity contribution in [1.29, 1.82) is 0 Å². The van der Waals surface area contributed by atoms with E-state index in [0.29, 0.717) is 0 Å². The summed E-state index contributed by atoms with van der Waals surface area (Å²) in [6.07, 6.45) is 0. The molecule has 1 aromatic carbocycles. The van der Waals surface area contributed by atoms with Gasteiger partial charge in [-0.2, -0.15) is 0 Å². The number of amides is 1. The fraction of sp³-hybridized carbons (Fsp3) is 0.300. The maximum atomic E-state index is 13.3. The van der Waals surface area contributed by atoms with Gasteiger partial charge in [-0.15, -0.1) is 0 Å². The van der Waals surface area contributed by atoms with Crippen molar-refractivity contribution in [2.24, 2.45) is 5.92 Å². The number of anilines is 1. The van der Waals surface area contributed by atoms with Gasteiger partial charge in [0.15, 0.2) is 11.6 Å². The molecule has 3 nitrogen and oxygen atoms in total. The Balaban J connectivity index is 2.47. The third kappa shape index (κ3) is 1.77. The van der Waals surface area contributed by atoms with Crippen LogP contribution in [0, 0.1) is 17.6 Å². The molecule has 2 rings (SSSR count). The lowest BCUT2D eigenvalue weighted by Gasteiger charge is -2.07. The molecule has 0 saturated carbocycles. The van der Waals surface area contributed by atoms with Crippen LogP contribution in [0.15, 0.2) is 12.1 Å². The Kier molecular flexibility index (Phi) is 2.30. The summed E-state index contributed by atoms with van der Waals surface area (Å²) in [6, 6.07) is 1.76. The minimum atomic E-state index is -0.806. The summed E-state index contributed by atoms with van der Waals surface area (Å²) in [5.74, 6) is -2.35. The Morgan fingerprint density at radius 3 is 2.93 bits per heavy atom. The molecule has 5 heteroatoms. The van der Waals surface area contributed by atoms with Crippen LogP contribution < -0.4 is 10.1 Å². The Hall–Kier alpha value is -1.65. The highest BCUT2D eigenvalue weighted by Gasteiger charge is 2.23. The second-order valence-corrected chi connectivity index (χ2v) is 3.47. The van der Waals surface area contributed by atoms with Crippen LogP contribution in [0.1, 0.15) is 6.92 Å². The first-order valence-corrected chi connectivity index (χ1v) is 4.50. The Morgan fingerprint density at radius 2 is 2.20 bits per heavy atom. The van der Waals surface area contributed by atoms with E-state index in [-0.39, 0.29) is 29.9 Å². The summed E-state index contributed by atoms with van der Waals surface area (Å²) in [7, 11) is 0. The number of hydrogen-bond donors (Lipinski definition) is 1. The molecule has 1 heterocycles. The summed E-state index contributed by atoms with van der Waals surface area (Å²) < 4.78 is 31.2. The Bertz CT molecular complexity index is 420. The summed E-state index contributed by atoms with van der Waals surface area (Å²) in [5, 5.41) is 2.41. The number of carbonyl (C=O) groups excluding carboxylic acids is 1. The van der Waals surface area contributed by atoms with Crippen molar-refractivity contribution in [3.05, 3.63) is 23.8 Å². The normalized spacial score (nSPS) is 19.9. The van der Waals surface area contributed by atoms with Gasteiger partial charge in [0.25, 0.3) is 0 Å². The fourth-order valence-corrected chi connectivity index (χ4v) is 1.34. The molecule has 0 aromatic heterocycles. The average Bonchev–Trinajstić information content (AvgIpc) is 2.27. The summed E-state index contributed by atoms with van der Waals surface area (Å²) in [4.78, 5) is 11.4. The van der Waals surface area contributed by atoms with Gasteiger partial charge in [0.1, 0.15) is 5.82 Å². The zero-order valence-electron chi connectivity index (χ0n) is 8.01. The first-order chi connectivity index (χ1) is 7.08. The van der Waals surface area contributed by atoms with Crippen molar-refractivity contribution in [2.45, 2.75) is 6.92 Å². The van der Waals surface area contributed by atoms with E-state index in [2.05, 4.69) is 5.32 Å². The molecule has 80 valence electrons. The van der Waals surface area contributed by atoms with Crippen LogP contribution in [0.4, 0.5) is 14.5 Å². The zero-order valence-corrected chi connectivity index (χ0v) is 8.01. The van der Waals surface area contributed by atoms with Crippen LogP contribution in [-0.4, -0.2) is 12.5 Å². The minimum Gasteiger partial charge on any atom is -0.488 e. The Morgan fingerprint density at radius 1 is 1.47 bits per heavy atom. The van der Waals surface area contributed by atoms with Crippen LogP contribution in [-0.2, 0) is 4.79 Å².